The minimum absolute atomic E-state index is 0.246. The Labute approximate surface area is 111 Å². The summed E-state index contributed by atoms with van der Waals surface area (Å²) < 4.78 is 0. The average Bonchev–Trinajstić information content (AvgIpc) is 2.82. The number of rotatable bonds is 4. The molecule has 2 atom stereocenters. The number of hydrogen-bond acceptors (Lipinski definition) is 4. The second-order valence-electron chi connectivity index (χ2n) is 5.86. The first-order chi connectivity index (χ1) is 8.69. The van der Waals surface area contributed by atoms with Gasteiger partial charge in [0, 0.05) is 32.2 Å². The van der Waals surface area contributed by atoms with Crippen LogP contribution in [0.25, 0.3) is 0 Å². The molecule has 1 aliphatic carbocycles. The Morgan fingerprint density at radius 3 is 2.67 bits per heavy atom. The van der Waals surface area contributed by atoms with Crippen molar-refractivity contribution >= 4 is 0 Å². The Hall–Kier alpha value is -0.630. The molecule has 0 aromatic carbocycles. The van der Waals surface area contributed by atoms with Crippen molar-refractivity contribution in [3.8, 4) is 6.07 Å². The molecule has 1 heterocycles. The predicted octanol–water partition coefficient (Wildman–Crippen LogP) is 1.05. The van der Waals surface area contributed by atoms with Crippen molar-refractivity contribution in [2.45, 2.75) is 44.2 Å². The summed E-state index contributed by atoms with van der Waals surface area (Å²) in [6.45, 7) is 7.78. The van der Waals surface area contributed by atoms with Crippen LogP contribution in [0.2, 0.25) is 0 Å². The van der Waals surface area contributed by atoms with Crippen LogP contribution in [0.5, 0.6) is 0 Å². The molecule has 102 valence electrons. The van der Waals surface area contributed by atoms with E-state index in [9.17, 15) is 5.26 Å². The van der Waals surface area contributed by atoms with Crippen molar-refractivity contribution < 1.29 is 0 Å². The maximum atomic E-state index is 9.46. The fourth-order valence-electron chi connectivity index (χ4n) is 3.18. The van der Waals surface area contributed by atoms with Crippen LogP contribution in [0.1, 0.15) is 32.6 Å². The third-order valence-corrected chi connectivity index (χ3v) is 4.47. The van der Waals surface area contributed by atoms with E-state index in [1.165, 1.54) is 19.5 Å². The molecule has 0 spiro atoms. The third-order valence-electron chi connectivity index (χ3n) is 4.47. The lowest BCUT2D eigenvalue weighted by atomic mass is 9.99. The van der Waals surface area contributed by atoms with E-state index >= 15 is 0 Å². The quantitative estimate of drug-likeness (QED) is 0.810. The summed E-state index contributed by atoms with van der Waals surface area (Å²) in [5.41, 5.74) is -0.246. The highest BCUT2D eigenvalue weighted by molar-refractivity contribution is 5.13. The number of nitriles is 1. The molecule has 2 unspecified atom stereocenters. The lowest BCUT2D eigenvalue weighted by Crippen LogP contribution is -2.50. The zero-order valence-electron chi connectivity index (χ0n) is 11.8. The number of nitrogens with one attached hydrogen (secondary N) is 1. The van der Waals surface area contributed by atoms with E-state index in [4.69, 9.17) is 0 Å². The fraction of sp³-hybridized carbons (Fsp3) is 0.929. The molecule has 4 nitrogen and oxygen atoms in total. The maximum Gasteiger partial charge on any atom is 0.108 e. The monoisotopic (exact) mass is 250 g/mol. The van der Waals surface area contributed by atoms with Gasteiger partial charge in [0.05, 0.1) is 6.07 Å². The molecular formula is C14H26N4. The number of nitrogens with zero attached hydrogens (tertiary/aromatic N) is 3. The van der Waals surface area contributed by atoms with Crippen molar-refractivity contribution in [3.63, 3.8) is 0 Å². The molecule has 2 aliphatic rings. The van der Waals surface area contributed by atoms with Gasteiger partial charge in [0.15, 0.2) is 0 Å². The first kappa shape index (κ1) is 13.8. The van der Waals surface area contributed by atoms with Crippen LogP contribution in [0, 0.1) is 11.3 Å². The van der Waals surface area contributed by atoms with E-state index in [1.807, 2.05) is 0 Å². The molecule has 1 saturated carbocycles. The predicted molar refractivity (Wildman–Crippen MR) is 73.3 cm³/mol. The second kappa shape index (κ2) is 6.01. The Kier molecular flexibility index (Phi) is 4.60. The highest BCUT2D eigenvalue weighted by Crippen LogP contribution is 2.33. The van der Waals surface area contributed by atoms with E-state index < -0.39 is 0 Å². The Morgan fingerprint density at radius 2 is 2.06 bits per heavy atom. The van der Waals surface area contributed by atoms with Crippen LogP contribution in [-0.2, 0) is 0 Å². The van der Waals surface area contributed by atoms with Crippen LogP contribution in [0.3, 0.4) is 0 Å². The van der Waals surface area contributed by atoms with Gasteiger partial charge in [0.1, 0.15) is 5.54 Å². The normalized spacial score (nSPS) is 34.6. The molecule has 4 heteroatoms. The van der Waals surface area contributed by atoms with Crippen LogP contribution in [-0.4, -0.2) is 61.2 Å². The summed E-state index contributed by atoms with van der Waals surface area (Å²) in [6, 6.07) is 3.16. The van der Waals surface area contributed by atoms with Crippen molar-refractivity contribution in [1.29, 1.82) is 5.26 Å². The summed E-state index contributed by atoms with van der Waals surface area (Å²) in [5.74, 6) is 0. The molecular weight excluding hydrogens is 224 g/mol. The largest absolute Gasteiger partial charge is 0.304 e. The molecule has 2 rings (SSSR count). The fourth-order valence-corrected chi connectivity index (χ4v) is 3.18. The molecule has 1 aliphatic heterocycles. The molecule has 1 saturated heterocycles. The molecule has 0 aromatic rings. The molecule has 0 bridgehead atoms. The topological polar surface area (TPSA) is 42.3 Å². The highest BCUT2D eigenvalue weighted by Gasteiger charge is 2.41. The minimum atomic E-state index is -0.246. The van der Waals surface area contributed by atoms with Gasteiger partial charge in [-0.05, 0) is 39.3 Å². The summed E-state index contributed by atoms with van der Waals surface area (Å²) >= 11 is 0. The van der Waals surface area contributed by atoms with Gasteiger partial charge in [-0.15, -0.1) is 0 Å². The first-order valence-electron chi connectivity index (χ1n) is 7.28. The number of piperazine rings is 1. The maximum absolute atomic E-state index is 9.46. The molecule has 18 heavy (non-hydrogen) atoms. The standard InChI is InChI=1S/C14H26N4/c1-3-6-16-14(12-15)5-4-13(11-14)18-9-7-17(2)8-10-18/h13,16H,3-11H2,1-2H3. The average molecular weight is 250 g/mol. The molecule has 1 N–H and O–H groups in total. The summed E-state index contributed by atoms with van der Waals surface area (Å²) in [7, 11) is 2.19. The molecule has 0 radical (unpaired) electrons. The Morgan fingerprint density at radius 1 is 1.33 bits per heavy atom. The van der Waals surface area contributed by atoms with Crippen molar-refractivity contribution in [1.82, 2.24) is 15.1 Å². The zero-order valence-corrected chi connectivity index (χ0v) is 11.8. The van der Waals surface area contributed by atoms with Crippen LogP contribution in [0.15, 0.2) is 0 Å². The van der Waals surface area contributed by atoms with Gasteiger partial charge in [-0.25, -0.2) is 0 Å². The summed E-state index contributed by atoms with van der Waals surface area (Å²) in [5, 5.41) is 12.9. The van der Waals surface area contributed by atoms with Crippen LogP contribution >= 0.6 is 0 Å². The SMILES string of the molecule is CCCNC1(C#N)CCC(N2CCN(C)CC2)C1. The van der Waals surface area contributed by atoms with Crippen molar-refractivity contribution in [2.75, 3.05) is 39.8 Å². The highest BCUT2D eigenvalue weighted by atomic mass is 15.3. The lowest BCUT2D eigenvalue weighted by molar-refractivity contribution is 0.111. The van der Waals surface area contributed by atoms with Crippen molar-refractivity contribution in [3.05, 3.63) is 0 Å². The number of likely N-dealkylation sites (N-methyl/N-ethyl adjacent to an activating group) is 1. The summed E-state index contributed by atoms with van der Waals surface area (Å²) in [4.78, 5) is 4.98. The van der Waals surface area contributed by atoms with Gasteiger partial charge >= 0.3 is 0 Å². The summed E-state index contributed by atoms with van der Waals surface area (Å²) in [6.07, 6.45) is 4.30. The lowest BCUT2D eigenvalue weighted by Gasteiger charge is -2.37. The van der Waals surface area contributed by atoms with Gasteiger partial charge in [-0.1, -0.05) is 6.92 Å². The third kappa shape index (κ3) is 3.03. The van der Waals surface area contributed by atoms with E-state index in [-0.39, 0.29) is 5.54 Å². The molecule has 0 aromatic heterocycles. The van der Waals surface area contributed by atoms with Crippen LogP contribution in [0.4, 0.5) is 0 Å². The Balaban J connectivity index is 1.88. The second-order valence-corrected chi connectivity index (χ2v) is 5.86. The van der Waals surface area contributed by atoms with Crippen LogP contribution < -0.4 is 5.32 Å². The van der Waals surface area contributed by atoms with Gasteiger partial charge in [0.25, 0.3) is 0 Å². The smallest absolute Gasteiger partial charge is 0.108 e. The first-order valence-corrected chi connectivity index (χ1v) is 7.28. The number of hydrogen-bond donors (Lipinski definition) is 1. The molecule has 0 amide bonds. The van der Waals surface area contributed by atoms with Crippen molar-refractivity contribution in [2.24, 2.45) is 0 Å². The van der Waals surface area contributed by atoms with Gasteiger partial charge in [0.2, 0.25) is 0 Å². The minimum Gasteiger partial charge on any atom is -0.304 e. The van der Waals surface area contributed by atoms with Gasteiger partial charge in [-0.2, -0.15) is 5.26 Å². The zero-order chi connectivity index (χ0) is 13.0. The van der Waals surface area contributed by atoms with E-state index in [1.54, 1.807) is 0 Å². The molecule has 2 fully saturated rings. The van der Waals surface area contributed by atoms with Gasteiger partial charge in [-0.3, -0.25) is 10.2 Å². The van der Waals surface area contributed by atoms with Gasteiger partial charge < -0.3 is 4.90 Å². The van der Waals surface area contributed by atoms with E-state index in [2.05, 4.69) is 35.2 Å². The Bertz CT molecular complexity index is 303. The van der Waals surface area contributed by atoms with E-state index in [0.29, 0.717) is 6.04 Å². The van der Waals surface area contributed by atoms with E-state index in [0.717, 1.165) is 38.9 Å².